The summed E-state index contributed by atoms with van der Waals surface area (Å²) in [6, 6.07) is 15.9. The second-order valence-corrected chi connectivity index (χ2v) is 7.45. The number of fused-ring (bicyclic) bond motifs is 1. The van der Waals surface area contributed by atoms with Crippen LogP contribution in [0.15, 0.2) is 65.7 Å². The average molecular weight is 430 g/mol. The number of nitrogens with one attached hydrogen (secondary N) is 2. The molecule has 5 nitrogen and oxygen atoms in total. The maximum Gasteiger partial charge on any atom is 0.433 e. The molecule has 0 fully saturated rings. The number of thioether (sulfide) groups is 1. The van der Waals surface area contributed by atoms with Crippen molar-refractivity contribution in [2.75, 3.05) is 12.4 Å². The fourth-order valence-corrected chi connectivity index (χ4v) is 3.71. The number of ether oxygens (including phenoxy) is 1. The van der Waals surface area contributed by atoms with Gasteiger partial charge in [0.05, 0.1) is 29.6 Å². The summed E-state index contributed by atoms with van der Waals surface area (Å²) in [6.07, 6.45) is -3.29. The van der Waals surface area contributed by atoms with E-state index in [1.54, 1.807) is 13.2 Å². The van der Waals surface area contributed by atoms with E-state index in [0.717, 1.165) is 34.2 Å². The summed E-state index contributed by atoms with van der Waals surface area (Å²) in [5.74, 6) is 1.81. The minimum Gasteiger partial charge on any atom is -0.495 e. The largest absolute Gasteiger partial charge is 0.495 e. The molecule has 154 valence electrons. The lowest BCUT2D eigenvalue weighted by molar-refractivity contribution is -0.141. The van der Waals surface area contributed by atoms with Gasteiger partial charge < -0.3 is 15.0 Å². The van der Waals surface area contributed by atoms with Gasteiger partial charge in [0.25, 0.3) is 0 Å². The fourth-order valence-electron chi connectivity index (χ4n) is 2.92. The summed E-state index contributed by atoms with van der Waals surface area (Å²) >= 11 is 1.26. The van der Waals surface area contributed by atoms with Crippen molar-refractivity contribution in [1.82, 2.24) is 15.0 Å². The highest BCUT2D eigenvalue weighted by Gasteiger charge is 2.32. The second kappa shape index (κ2) is 8.27. The van der Waals surface area contributed by atoms with Crippen molar-refractivity contribution >= 4 is 34.2 Å². The number of rotatable bonds is 6. The lowest BCUT2D eigenvalue weighted by atomic mass is 10.2. The van der Waals surface area contributed by atoms with Gasteiger partial charge in [-0.1, -0.05) is 12.1 Å². The summed E-state index contributed by atoms with van der Waals surface area (Å²) in [5, 5.41) is 3.31. The molecular formula is C21H17F3N4OS. The van der Waals surface area contributed by atoms with Crippen molar-refractivity contribution in [3.05, 3.63) is 72.3 Å². The monoisotopic (exact) mass is 430 g/mol. The van der Waals surface area contributed by atoms with Crippen molar-refractivity contribution < 1.29 is 17.9 Å². The van der Waals surface area contributed by atoms with Crippen molar-refractivity contribution in [3.63, 3.8) is 0 Å². The first-order valence-corrected chi connectivity index (χ1v) is 9.96. The number of pyridine rings is 1. The van der Waals surface area contributed by atoms with Gasteiger partial charge in [0.2, 0.25) is 0 Å². The number of halogens is 3. The Morgan fingerprint density at radius 2 is 1.93 bits per heavy atom. The fraction of sp³-hybridized carbons (Fsp3) is 0.143. The Balaban J connectivity index is 1.49. The van der Waals surface area contributed by atoms with E-state index in [1.807, 2.05) is 42.5 Å². The quantitative estimate of drug-likeness (QED) is 0.366. The van der Waals surface area contributed by atoms with E-state index in [2.05, 4.69) is 20.3 Å². The van der Waals surface area contributed by atoms with Crippen molar-refractivity contribution in [2.24, 2.45) is 0 Å². The van der Waals surface area contributed by atoms with Crippen LogP contribution < -0.4 is 10.1 Å². The molecule has 4 aromatic rings. The second-order valence-electron chi connectivity index (χ2n) is 6.40. The molecule has 0 saturated heterocycles. The van der Waals surface area contributed by atoms with Gasteiger partial charge in [-0.2, -0.15) is 13.2 Å². The molecule has 0 atom stereocenters. The van der Waals surface area contributed by atoms with Crippen LogP contribution in [-0.2, 0) is 11.9 Å². The van der Waals surface area contributed by atoms with E-state index in [0.29, 0.717) is 16.5 Å². The summed E-state index contributed by atoms with van der Waals surface area (Å²) in [6.45, 7) is 0. The standard InChI is InChI=1S/C21H17F3N4OS/c1-29-18-5-3-2-4-16(18)26-13-6-7-15-17(10-13)28-20(27-15)12-30-14-8-9-25-19(11-14)21(22,23)24/h2-11,26H,12H2,1H3,(H,27,28). The minimum absolute atomic E-state index is 0.408. The third kappa shape index (κ3) is 4.51. The number of aromatic nitrogens is 3. The number of alkyl halides is 3. The normalized spacial score (nSPS) is 11.6. The number of methoxy groups -OCH3 is 1. The summed E-state index contributed by atoms with van der Waals surface area (Å²) in [4.78, 5) is 11.6. The van der Waals surface area contributed by atoms with Gasteiger partial charge in [-0.05, 0) is 42.5 Å². The Morgan fingerprint density at radius 1 is 1.10 bits per heavy atom. The zero-order valence-electron chi connectivity index (χ0n) is 15.8. The molecule has 0 bridgehead atoms. The van der Waals surface area contributed by atoms with E-state index < -0.39 is 11.9 Å². The zero-order valence-corrected chi connectivity index (χ0v) is 16.6. The van der Waals surface area contributed by atoms with Crippen LogP contribution in [0.4, 0.5) is 24.5 Å². The van der Waals surface area contributed by atoms with Gasteiger partial charge in [0.1, 0.15) is 17.3 Å². The molecule has 0 radical (unpaired) electrons. The Morgan fingerprint density at radius 3 is 2.73 bits per heavy atom. The smallest absolute Gasteiger partial charge is 0.433 e. The lowest BCUT2D eigenvalue weighted by Crippen LogP contribution is -2.07. The molecule has 4 rings (SSSR count). The molecule has 0 aliphatic rings. The molecule has 0 aliphatic heterocycles. The Bertz CT molecular complexity index is 1180. The number of nitrogens with zero attached hydrogens (tertiary/aromatic N) is 2. The lowest BCUT2D eigenvalue weighted by Gasteiger charge is -2.10. The third-order valence-electron chi connectivity index (χ3n) is 4.32. The number of hydrogen-bond donors (Lipinski definition) is 2. The number of benzene rings is 2. The number of hydrogen-bond acceptors (Lipinski definition) is 5. The van der Waals surface area contributed by atoms with Crippen molar-refractivity contribution in [3.8, 4) is 5.75 Å². The Kier molecular flexibility index (Phi) is 5.54. The summed E-state index contributed by atoms with van der Waals surface area (Å²) in [5.41, 5.74) is 2.40. The first kappa shape index (κ1) is 20.1. The molecule has 0 unspecified atom stereocenters. The van der Waals surface area contributed by atoms with Gasteiger partial charge in [-0.15, -0.1) is 11.8 Å². The van der Waals surface area contributed by atoms with E-state index in [-0.39, 0.29) is 0 Å². The van der Waals surface area contributed by atoms with E-state index >= 15 is 0 Å². The zero-order chi connectivity index (χ0) is 21.1. The van der Waals surface area contributed by atoms with Gasteiger partial charge in [-0.3, -0.25) is 4.98 Å². The molecular weight excluding hydrogens is 413 g/mol. The van der Waals surface area contributed by atoms with Gasteiger partial charge in [-0.25, -0.2) is 4.98 Å². The number of imidazole rings is 1. The maximum absolute atomic E-state index is 12.8. The van der Waals surface area contributed by atoms with Crippen molar-refractivity contribution in [1.29, 1.82) is 0 Å². The summed E-state index contributed by atoms with van der Waals surface area (Å²) in [7, 11) is 1.61. The molecule has 0 amide bonds. The van der Waals surface area contributed by atoms with Crippen LogP contribution >= 0.6 is 11.8 Å². The van der Waals surface area contributed by atoms with Crippen LogP contribution in [-0.4, -0.2) is 22.1 Å². The molecule has 30 heavy (non-hydrogen) atoms. The van der Waals surface area contributed by atoms with E-state index in [1.165, 1.54) is 18.0 Å². The molecule has 0 aliphatic carbocycles. The van der Waals surface area contributed by atoms with Crippen LogP contribution in [0, 0.1) is 0 Å². The molecule has 0 saturated carbocycles. The van der Waals surface area contributed by atoms with Crippen LogP contribution in [0.5, 0.6) is 5.75 Å². The Hall–Kier alpha value is -3.20. The first-order chi connectivity index (χ1) is 14.4. The summed E-state index contributed by atoms with van der Waals surface area (Å²) < 4.78 is 43.8. The molecule has 2 N–H and O–H groups in total. The SMILES string of the molecule is COc1ccccc1Nc1ccc2[nH]c(CSc3ccnc(C(F)(F)F)c3)nc2c1. The predicted molar refractivity (Wildman–Crippen MR) is 111 cm³/mol. The highest BCUT2D eigenvalue weighted by atomic mass is 32.2. The third-order valence-corrected chi connectivity index (χ3v) is 5.32. The predicted octanol–water partition coefficient (Wildman–Crippen LogP) is 6.02. The van der Waals surface area contributed by atoms with Crippen LogP contribution in [0.25, 0.3) is 11.0 Å². The molecule has 2 heterocycles. The van der Waals surface area contributed by atoms with Gasteiger partial charge >= 0.3 is 6.18 Å². The van der Waals surface area contributed by atoms with Gasteiger partial charge in [0.15, 0.2) is 0 Å². The number of anilines is 2. The number of H-pyrrole nitrogens is 1. The topological polar surface area (TPSA) is 62.8 Å². The highest BCUT2D eigenvalue weighted by molar-refractivity contribution is 7.98. The molecule has 2 aromatic heterocycles. The van der Waals surface area contributed by atoms with Crippen molar-refractivity contribution in [2.45, 2.75) is 16.8 Å². The first-order valence-electron chi connectivity index (χ1n) is 8.97. The van der Waals surface area contributed by atoms with E-state index in [9.17, 15) is 13.2 Å². The Labute approximate surface area is 174 Å². The molecule has 0 spiro atoms. The van der Waals surface area contributed by atoms with Crippen LogP contribution in [0.2, 0.25) is 0 Å². The number of para-hydroxylation sites is 2. The minimum atomic E-state index is -4.46. The molecule has 2 aromatic carbocycles. The van der Waals surface area contributed by atoms with E-state index in [4.69, 9.17) is 4.74 Å². The van der Waals surface area contributed by atoms with Crippen LogP contribution in [0.3, 0.4) is 0 Å². The maximum atomic E-state index is 12.8. The average Bonchev–Trinajstić information content (AvgIpc) is 3.14. The number of aromatic amines is 1. The molecule has 9 heteroatoms. The highest BCUT2D eigenvalue weighted by Crippen LogP contribution is 2.32. The van der Waals surface area contributed by atoms with Crippen LogP contribution in [0.1, 0.15) is 11.5 Å². The van der Waals surface area contributed by atoms with Gasteiger partial charge in [0, 0.05) is 16.8 Å².